The fourth-order valence-electron chi connectivity index (χ4n) is 1.94. The van der Waals surface area contributed by atoms with Gasteiger partial charge in [0.25, 0.3) is 5.19 Å². The molecule has 3 rings (SSSR count). The first-order valence-corrected chi connectivity index (χ1v) is 6.56. The third kappa shape index (κ3) is 1.90. The summed E-state index contributed by atoms with van der Waals surface area (Å²) in [4.78, 5) is 4.41. The summed E-state index contributed by atoms with van der Waals surface area (Å²) >= 11 is 1.49. The molecule has 18 heavy (non-hydrogen) atoms. The maximum Gasteiger partial charge on any atom is 0.273 e. The molecule has 0 radical (unpaired) electrons. The van der Waals surface area contributed by atoms with Crippen molar-refractivity contribution in [1.82, 2.24) is 4.98 Å². The number of benzene rings is 1. The molecule has 0 spiro atoms. The van der Waals surface area contributed by atoms with E-state index in [1.54, 1.807) is 7.11 Å². The van der Waals surface area contributed by atoms with Crippen LogP contribution < -0.4 is 14.2 Å². The molecular formula is C13H13NO3S. The van der Waals surface area contributed by atoms with Crippen molar-refractivity contribution >= 4 is 11.3 Å². The van der Waals surface area contributed by atoms with E-state index >= 15 is 0 Å². The van der Waals surface area contributed by atoms with Gasteiger partial charge < -0.3 is 14.2 Å². The largest absolute Gasteiger partial charge is 0.486 e. The summed E-state index contributed by atoms with van der Waals surface area (Å²) < 4.78 is 16.3. The lowest BCUT2D eigenvalue weighted by atomic mass is 10.1. The van der Waals surface area contributed by atoms with Crippen molar-refractivity contribution < 1.29 is 14.2 Å². The van der Waals surface area contributed by atoms with Crippen LogP contribution in [0.4, 0.5) is 0 Å². The number of hydrogen-bond donors (Lipinski definition) is 0. The first-order chi connectivity index (χ1) is 8.78. The third-order valence-electron chi connectivity index (χ3n) is 2.82. The van der Waals surface area contributed by atoms with Crippen LogP contribution in [0.1, 0.15) is 5.56 Å². The summed E-state index contributed by atoms with van der Waals surface area (Å²) in [6.45, 7) is 3.24. The molecule has 4 nitrogen and oxygen atoms in total. The standard InChI is InChI=1S/C13H13NO3S/c1-8-5-11-12(17-4-3-16-11)6-9(8)10-7-18-13(14-10)15-2/h5-7H,3-4H2,1-2H3. The smallest absolute Gasteiger partial charge is 0.273 e. The molecule has 0 unspecified atom stereocenters. The van der Waals surface area contributed by atoms with E-state index in [0.717, 1.165) is 28.3 Å². The van der Waals surface area contributed by atoms with Crippen molar-refractivity contribution in [3.8, 4) is 28.0 Å². The first kappa shape index (κ1) is 11.3. The molecule has 0 saturated carbocycles. The van der Waals surface area contributed by atoms with E-state index in [1.165, 1.54) is 11.3 Å². The van der Waals surface area contributed by atoms with Gasteiger partial charge in [0.05, 0.1) is 12.8 Å². The van der Waals surface area contributed by atoms with Gasteiger partial charge in [-0.2, -0.15) is 0 Å². The monoisotopic (exact) mass is 263 g/mol. The van der Waals surface area contributed by atoms with Gasteiger partial charge in [-0.25, -0.2) is 4.98 Å². The fourth-order valence-corrected chi connectivity index (χ4v) is 2.58. The van der Waals surface area contributed by atoms with Crippen LogP contribution in [0.25, 0.3) is 11.3 Å². The molecule has 0 aliphatic carbocycles. The van der Waals surface area contributed by atoms with E-state index in [2.05, 4.69) is 4.98 Å². The number of thiazole rings is 1. The average Bonchev–Trinajstić information content (AvgIpc) is 2.86. The molecule has 0 N–H and O–H groups in total. The van der Waals surface area contributed by atoms with Gasteiger partial charge in [-0.1, -0.05) is 11.3 Å². The summed E-state index contributed by atoms with van der Waals surface area (Å²) in [5.41, 5.74) is 3.08. The fraction of sp³-hybridized carbons (Fsp3) is 0.308. The van der Waals surface area contributed by atoms with Crippen molar-refractivity contribution in [2.45, 2.75) is 6.92 Å². The number of fused-ring (bicyclic) bond motifs is 1. The SMILES string of the molecule is COc1nc(-c2cc3c(cc2C)OCCO3)cs1. The van der Waals surface area contributed by atoms with Crippen LogP contribution >= 0.6 is 11.3 Å². The van der Waals surface area contributed by atoms with Crippen LogP contribution in [0.2, 0.25) is 0 Å². The van der Waals surface area contributed by atoms with Crippen molar-refractivity contribution in [3.63, 3.8) is 0 Å². The maximum atomic E-state index is 5.59. The molecule has 2 heterocycles. The molecule has 0 atom stereocenters. The number of aromatic nitrogens is 1. The Kier molecular flexibility index (Phi) is 2.83. The Bertz CT molecular complexity index is 580. The highest BCUT2D eigenvalue weighted by atomic mass is 32.1. The Morgan fingerprint density at radius 2 is 1.94 bits per heavy atom. The molecule has 94 valence electrons. The summed E-state index contributed by atoms with van der Waals surface area (Å²) in [5.74, 6) is 1.60. The minimum Gasteiger partial charge on any atom is -0.486 e. The lowest BCUT2D eigenvalue weighted by Gasteiger charge is -2.19. The second-order valence-corrected chi connectivity index (χ2v) is 4.83. The van der Waals surface area contributed by atoms with Gasteiger partial charge in [0.2, 0.25) is 0 Å². The highest BCUT2D eigenvalue weighted by Crippen LogP contribution is 2.38. The zero-order valence-corrected chi connectivity index (χ0v) is 11.0. The number of hydrogen-bond acceptors (Lipinski definition) is 5. The zero-order chi connectivity index (χ0) is 12.5. The second kappa shape index (κ2) is 4.49. The minimum absolute atomic E-state index is 0.593. The molecule has 0 bridgehead atoms. The predicted molar refractivity (Wildman–Crippen MR) is 69.8 cm³/mol. The van der Waals surface area contributed by atoms with Crippen molar-refractivity contribution in [2.24, 2.45) is 0 Å². The summed E-state index contributed by atoms with van der Waals surface area (Å²) in [5, 5.41) is 2.65. The third-order valence-corrected chi connectivity index (χ3v) is 3.62. The van der Waals surface area contributed by atoms with Gasteiger partial charge in [0, 0.05) is 10.9 Å². The van der Waals surface area contributed by atoms with E-state index in [9.17, 15) is 0 Å². The van der Waals surface area contributed by atoms with Gasteiger partial charge in [-0.3, -0.25) is 0 Å². The number of methoxy groups -OCH3 is 1. The van der Waals surface area contributed by atoms with Gasteiger partial charge in [0.1, 0.15) is 13.2 Å². The zero-order valence-electron chi connectivity index (χ0n) is 10.2. The summed E-state index contributed by atoms with van der Waals surface area (Å²) in [6.07, 6.45) is 0. The topological polar surface area (TPSA) is 40.6 Å². The Morgan fingerprint density at radius 1 is 1.22 bits per heavy atom. The molecule has 2 aromatic rings. The lowest BCUT2D eigenvalue weighted by molar-refractivity contribution is 0.171. The number of rotatable bonds is 2. The number of aryl methyl sites for hydroxylation is 1. The number of ether oxygens (including phenoxy) is 3. The second-order valence-electron chi connectivity index (χ2n) is 4.01. The van der Waals surface area contributed by atoms with E-state index in [4.69, 9.17) is 14.2 Å². The molecule has 1 aromatic heterocycles. The van der Waals surface area contributed by atoms with Crippen molar-refractivity contribution in [3.05, 3.63) is 23.1 Å². The lowest BCUT2D eigenvalue weighted by Crippen LogP contribution is -2.15. The molecule has 0 saturated heterocycles. The van der Waals surface area contributed by atoms with Crippen LogP contribution in [-0.4, -0.2) is 25.3 Å². The van der Waals surface area contributed by atoms with Crippen LogP contribution in [0, 0.1) is 6.92 Å². The highest BCUT2D eigenvalue weighted by molar-refractivity contribution is 7.11. The molecule has 5 heteroatoms. The van der Waals surface area contributed by atoms with Gasteiger partial charge in [-0.15, -0.1) is 0 Å². The van der Waals surface area contributed by atoms with E-state index < -0.39 is 0 Å². The Balaban J connectivity index is 2.06. The molecule has 0 amide bonds. The molecular weight excluding hydrogens is 250 g/mol. The van der Waals surface area contributed by atoms with Crippen LogP contribution in [0.5, 0.6) is 16.7 Å². The first-order valence-electron chi connectivity index (χ1n) is 5.68. The van der Waals surface area contributed by atoms with Gasteiger partial charge in [-0.05, 0) is 24.6 Å². The van der Waals surface area contributed by atoms with Crippen LogP contribution in [0.3, 0.4) is 0 Å². The van der Waals surface area contributed by atoms with E-state index in [1.807, 2.05) is 24.4 Å². The normalized spacial score (nSPS) is 13.4. The quantitative estimate of drug-likeness (QED) is 0.835. The average molecular weight is 263 g/mol. The van der Waals surface area contributed by atoms with Crippen LogP contribution in [0.15, 0.2) is 17.5 Å². The minimum atomic E-state index is 0.593. The van der Waals surface area contributed by atoms with Crippen LogP contribution in [-0.2, 0) is 0 Å². The highest BCUT2D eigenvalue weighted by Gasteiger charge is 2.16. The van der Waals surface area contributed by atoms with Crippen molar-refractivity contribution in [1.29, 1.82) is 0 Å². The Morgan fingerprint density at radius 3 is 2.61 bits per heavy atom. The molecule has 1 aliphatic heterocycles. The van der Waals surface area contributed by atoms with Gasteiger partial charge in [0.15, 0.2) is 11.5 Å². The molecule has 0 fully saturated rings. The Hall–Kier alpha value is -1.75. The molecule has 1 aliphatic rings. The Labute approximate surface area is 109 Å². The van der Waals surface area contributed by atoms with Crippen molar-refractivity contribution in [2.75, 3.05) is 20.3 Å². The summed E-state index contributed by atoms with van der Waals surface area (Å²) in [6, 6.07) is 3.98. The molecule has 1 aromatic carbocycles. The van der Waals surface area contributed by atoms with E-state index in [0.29, 0.717) is 18.4 Å². The number of nitrogens with zero attached hydrogens (tertiary/aromatic N) is 1. The summed E-state index contributed by atoms with van der Waals surface area (Å²) in [7, 11) is 1.62. The predicted octanol–water partition coefficient (Wildman–Crippen LogP) is 2.90. The van der Waals surface area contributed by atoms with E-state index in [-0.39, 0.29) is 0 Å². The maximum absolute atomic E-state index is 5.59. The van der Waals surface area contributed by atoms with Gasteiger partial charge >= 0.3 is 0 Å².